The Labute approximate surface area is 154 Å². The van der Waals surface area contributed by atoms with E-state index in [9.17, 15) is 19.5 Å². The van der Waals surface area contributed by atoms with Gasteiger partial charge in [-0.05, 0) is 17.4 Å². The van der Waals surface area contributed by atoms with Gasteiger partial charge in [0.25, 0.3) is 0 Å². The second-order valence-corrected chi connectivity index (χ2v) is 7.09. The van der Waals surface area contributed by atoms with Crippen LogP contribution in [0.1, 0.15) is 33.3 Å². The molecule has 0 saturated heterocycles. The van der Waals surface area contributed by atoms with E-state index in [2.05, 4.69) is 10.6 Å². The summed E-state index contributed by atoms with van der Waals surface area (Å²) < 4.78 is 0. The molecule has 0 fully saturated rings. The minimum atomic E-state index is -1.11. The van der Waals surface area contributed by atoms with Crippen LogP contribution < -0.4 is 16.4 Å². The molecule has 3 unspecified atom stereocenters. The Hall–Kier alpha value is -2.41. The van der Waals surface area contributed by atoms with Gasteiger partial charge in [0.1, 0.15) is 12.1 Å². The summed E-state index contributed by atoms with van der Waals surface area (Å²) in [6.45, 7) is 7.04. The van der Waals surface area contributed by atoms with Gasteiger partial charge in [-0.15, -0.1) is 0 Å². The van der Waals surface area contributed by atoms with Crippen LogP contribution in [0, 0.1) is 11.8 Å². The first-order valence-corrected chi connectivity index (χ1v) is 8.76. The Morgan fingerprint density at radius 1 is 0.962 bits per heavy atom. The molecule has 0 saturated carbocycles. The zero-order valence-electron chi connectivity index (χ0n) is 15.7. The highest BCUT2D eigenvalue weighted by molar-refractivity contribution is 5.92. The zero-order chi connectivity index (χ0) is 19.9. The number of amides is 2. The maximum atomic E-state index is 12.7. The molecule has 5 N–H and O–H groups in total. The molecule has 26 heavy (non-hydrogen) atoms. The van der Waals surface area contributed by atoms with Crippen molar-refractivity contribution in [3.63, 3.8) is 0 Å². The van der Waals surface area contributed by atoms with Gasteiger partial charge < -0.3 is 21.5 Å². The van der Waals surface area contributed by atoms with Crippen molar-refractivity contribution in [2.45, 2.75) is 52.2 Å². The molecule has 1 aromatic carbocycles. The predicted octanol–water partition coefficient (Wildman–Crippen LogP) is 0.923. The fourth-order valence-corrected chi connectivity index (χ4v) is 2.40. The van der Waals surface area contributed by atoms with Crippen molar-refractivity contribution in [2.24, 2.45) is 17.6 Å². The standard InChI is InChI=1S/C19H29N3O4/c1-11(2)15(20)18(24)21-14(10-13-8-6-5-7-9-13)17(23)22-16(12(3)4)19(25)26/h5-9,11-12,14-16H,10,20H2,1-4H3,(H,21,24)(H,22,23)(H,25,26). The largest absolute Gasteiger partial charge is 0.480 e. The summed E-state index contributed by atoms with van der Waals surface area (Å²) in [5.74, 6) is -2.47. The van der Waals surface area contributed by atoms with Gasteiger partial charge in [0.2, 0.25) is 11.8 Å². The summed E-state index contributed by atoms with van der Waals surface area (Å²) in [5.41, 5.74) is 6.71. The van der Waals surface area contributed by atoms with Gasteiger partial charge in [0.15, 0.2) is 0 Å². The molecule has 0 spiro atoms. The summed E-state index contributed by atoms with van der Waals surface area (Å²) in [7, 11) is 0. The first-order chi connectivity index (χ1) is 12.1. The van der Waals surface area contributed by atoms with E-state index in [1.54, 1.807) is 13.8 Å². The van der Waals surface area contributed by atoms with Crippen LogP contribution in [-0.2, 0) is 20.8 Å². The van der Waals surface area contributed by atoms with E-state index in [-0.39, 0.29) is 18.3 Å². The fraction of sp³-hybridized carbons (Fsp3) is 0.526. The molecule has 3 atom stereocenters. The third-order valence-corrected chi connectivity index (χ3v) is 4.17. The number of nitrogens with two attached hydrogens (primary N) is 1. The van der Waals surface area contributed by atoms with Gasteiger partial charge in [0.05, 0.1) is 6.04 Å². The molecule has 0 heterocycles. The first kappa shape index (κ1) is 21.6. The zero-order valence-corrected chi connectivity index (χ0v) is 15.7. The molecule has 7 heteroatoms. The highest BCUT2D eigenvalue weighted by Crippen LogP contribution is 2.08. The van der Waals surface area contributed by atoms with Crippen LogP contribution in [0.5, 0.6) is 0 Å². The van der Waals surface area contributed by atoms with Gasteiger partial charge >= 0.3 is 5.97 Å². The van der Waals surface area contributed by atoms with Gasteiger partial charge in [0, 0.05) is 6.42 Å². The van der Waals surface area contributed by atoms with E-state index in [1.165, 1.54) is 0 Å². The Balaban J connectivity index is 2.97. The lowest BCUT2D eigenvalue weighted by molar-refractivity contribution is -0.143. The highest BCUT2D eigenvalue weighted by Gasteiger charge is 2.30. The van der Waals surface area contributed by atoms with Gasteiger partial charge in [-0.3, -0.25) is 9.59 Å². The minimum absolute atomic E-state index is 0.0853. The van der Waals surface area contributed by atoms with Crippen molar-refractivity contribution >= 4 is 17.8 Å². The van der Waals surface area contributed by atoms with Crippen LogP contribution in [-0.4, -0.2) is 41.0 Å². The van der Waals surface area contributed by atoms with Crippen molar-refractivity contribution in [2.75, 3.05) is 0 Å². The quantitative estimate of drug-likeness (QED) is 0.520. The molecule has 2 amide bonds. The van der Waals surface area contributed by atoms with Crippen LogP contribution in [0.15, 0.2) is 30.3 Å². The lowest BCUT2D eigenvalue weighted by Crippen LogP contribution is -2.56. The molecular formula is C19H29N3O4. The maximum Gasteiger partial charge on any atom is 0.326 e. The van der Waals surface area contributed by atoms with Crippen molar-refractivity contribution in [3.8, 4) is 0 Å². The second-order valence-electron chi connectivity index (χ2n) is 7.09. The Kier molecular flexibility index (Phi) is 8.25. The molecule has 144 valence electrons. The average Bonchev–Trinajstić information content (AvgIpc) is 2.58. The van der Waals surface area contributed by atoms with Gasteiger partial charge in [-0.1, -0.05) is 58.0 Å². The maximum absolute atomic E-state index is 12.7. The summed E-state index contributed by atoms with van der Waals surface area (Å²) >= 11 is 0. The number of rotatable bonds is 9. The molecule has 0 aliphatic carbocycles. The topological polar surface area (TPSA) is 122 Å². The lowest BCUT2D eigenvalue weighted by atomic mass is 10.0. The molecule has 1 rings (SSSR count). The number of carbonyl (C=O) groups is 3. The van der Waals surface area contributed by atoms with E-state index < -0.39 is 35.9 Å². The molecule has 0 aliphatic rings. The SMILES string of the molecule is CC(C)C(N)C(=O)NC(Cc1ccccc1)C(=O)NC(C(=O)O)C(C)C. The molecule has 1 aromatic rings. The van der Waals surface area contributed by atoms with E-state index in [4.69, 9.17) is 5.73 Å². The summed E-state index contributed by atoms with van der Waals surface area (Å²) in [6, 6.07) is 6.51. The van der Waals surface area contributed by atoms with Crippen LogP contribution in [0.25, 0.3) is 0 Å². The normalized spacial score (nSPS) is 14.6. The van der Waals surface area contributed by atoms with E-state index >= 15 is 0 Å². The molecule has 7 nitrogen and oxygen atoms in total. The van der Waals surface area contributed by atoms with Crippen molar-refractivity contribution in [1.82, 2.24) is 10.6 Å². The molecule has 0 bridgehead atoms. The molecule has 0 aliphatic heterocycles. The van der Waals surface area contributed by atoms with Crippen LogP contribution in [0.3, 0.4) is 0 Å². The van der Waals surface area contributed by atoms with Crippen LogP contribution in [0.4, 0.5) is 0 Å². The Morgan fingerprint density at radius 2 is 1.54 bits per heavy atom. The molecule has 0 radical (unpaired) electrons. The van der Waals surface area contributed by atoms with Gasteiger partial charge in [-0.25, -0.2) is 4.79 Å². The average molecular weight is 363 g/mol. The highest BCUT2D eigenvalue weighted by atomic mass is 16.4. The number of nitrogens with one attached hydrogen (secondary N) is 2. The smallest absolute Gasteiger partial charge is 0.326 e. The lowest BCUT2D eigenvalue weighted by Gasteiger charge is -2.25. The Bertz CT molecular complexity index is 616. The fourth-order valence-electron chi connectivity index (χ4n) is 2.40. The second kappa shape index (κ2) is 9.91. The van der Waals surface area contributed by atoms with Crippen molar-refractivity contribution in [3.05, 3.63) is 35.9 Å². The predicted molar refractivity (Wildman–Crippen MR) is 99.3 cm³/mol. The number of hydrogen-bond donors (Lipinski definition) is 4. The Morgan fingerprint density at radius 3 is 2.00 bits per heavy atom. The van der Waals surface area contributed by atoms with Crippen LogP contribution in [0.2, 0.25) is 0 Å². The summed E-state index contributed by atoms with van der Waals surface area (Å²) in [4.78, 5) is 36.3. The third-order valence-electron chi connectivity index (χ3n) is 4.17. The number of hydrogen-bond acceptors (Lipinski definition) is 4. The van der Waals surface area contributed by atoms with Crippen molar-refractivity contribution < 1.29 is 19.5 Å². The van der Waals surface area contributed by atoms with Crippen LogP contribution >= 0.6 is 0 Å². The van der Waals surface area contributed by atoms with Crippen molar-refractivity contribution in [1.29, 1.82) is 0 Å². The monoisotopic (exact) mass is 363 g/mol. The van der Waals surface area contributed by atoms with E-state index in [0.29, 0.717) is 0 Å². The molecule has 0 aromatic heterocycles. The van der Waals surface area contributed by atoms with E-state index in [1.807, 2.05) is 44.2 Å². The summed E-state index contributed by atoms with van der Waals surface area (Å²) in [6.07, 6.45) is 0.244. The van der Waals surface area contributed by atoms with E-state index in [0.717, 1.165) is 5.56 Å². The number of carboxylic acids is 1. The molecular weight excluding hydrogens is 334 g/mol. The number of aliphatic carboxylic acids is 1. The number of carboxylic acid groups (broad SMARTS) is 1. The minimum Gasteiger partial charge on any atom is -0.480 e. The number of benzene rings is 1. The number of carbonyl (C=O) groups excluding carboxylic acids is 2. The summed E-state index contributed by atoms with van der Waals surface area (Å²) in [5, 5.41) is 14.5. The third kappa shape index (κ3) is 6.48. The van der Waals surface area contributed by atoms with Gasteiger partial charge in [-0.2, -0.15) is 0 Å². The first-order valence-electron chi connectivity index (χ1n) is 8.76.